The van der Waals surface area contributed by atoms with E-state index in [2.05, 4.69) is 0 Å². The Labute approximate surface area is 188 Å². The second kappa shape index (κ2) is 7.86. The number of hydrogen-bond donors (Lipinski definition) is 3. The van der Waals surface area contributed by atoms with Crippen LogP contribution in [0.5, 0.6) is 11.5 Å². The zero-order valence-corrected chi connectivity index (χ0v) is 17.5. The first-order chi connectivity index (χ1) is 15.8. The predicted octanol–water partition coefficient (Wildman–Crippen LogP) is 1.41. The molecule has 9 nitrogen and oxygen atoms in total. The monoisotopic (exact) mass is 454 g/mol. The Balaban J connectivity index is 1.64. The number of benzene rings is 1. The van der Waals surface area contributed by atoms with Gasteiger partial charge in [0.05, 0.1) is 12.0 Å². The second-order valence-corrected chi connectivity index (χ2v) is 8.55. The van der Waals surface area contributed by atoms with Crippen molar-refractivity contribution in [3.8, 4) is 11.5 Å². The fourth-order valence-electron chi connectivity index (χ4n) is 4.88. The molecule has 1 aromatic carbocycles. The average molecular weight is 454 g/mol. The van der Waals surface area contributed by atoms with Crippen LogP contribution in [0.15, 0.2) is 42.0 Å². The molecule has 0 saturated heterocycles. The highest BCUT2D eigenvalue weighted by Crippen LogP contribution is 2.54. The summed E-state index contributed by atoms with van der Waals surface area (Å²) in [4.78, 5) is 37.7. The van der Waals surface area contributed by atoms with Gasteiger partial charge < -0.3 is 29.5 Å². The molecule has 2 aliphatic heterocycles. The van der Waals surface area contributed by atoms with Gasteiger partial charge in [-0.2, -0.15) is 0 Å². The molecule has 9 heteroatoms. The van der Waals surface area contributed by atoms with Crippen LogP contribution < -0.4 is 4.74 Å². The summed E-state index contributed by atoms with van der Waals surface area (Å²) in [5.74, 6) is -6.49. The summed E-state index contributed by atoms with van der Waals surface area (Å²) in [6, 6.07) is 2.78. The van der Waals surface area contributed by atoms with E-state index in [1.54, 1.807) is 0 Å². The van der Waals surface area contributed by atoms with E-state index in [9.17, 15) is 29.7 Å². The molecule has 1 saturated carbocycles. The van der Waals surface area contributed by atoms with Gasteiger partial charge in [0, 0.05) is 17.7 Å². The third-order valence-corrected chi connectivity index (χ3v) is 6.50. The lowest BCUT2D eigenvalue weighted by Gasteiger charge is -2.34. The Morgan fingerprint density at radius 1 is 0.909 bits per heavy atom. The molecular weight excluding hydrogens is 432 g/mol. The van der Waals surface area contributed by atoms with Crippen molar-refractivity contribution < 1.29 is 43.9 Å². The topological polar surface area (TPSA) is 140 Å². The van der Waals surface area contributed by atoms with Crippen LogP contribution in [0.3, 0.4) is 0 Å². The fourth-order valence-corrected chi connectivity index (χ4v) is 4.88. The van der Waals surface area contributed by atoms with Gasteiger partial charge in [0.2, 0.25) is 5.78 Å². The summed E-state index contributed by atoms with van der Waals surface area (Å²) >= 11 is 0. The molecule has 2 bridgehead atoms. The number of phenols is 1. The van der Waals surface area contributed by atoms with Gasteiger partial charge in [-0.3, -0.25) is 4.79 Å². The minimum absolute atomic E-state index is 0.0729. The summed E-state index contributed by atoms with van der Waals surface area (Å²) in [7, 11) is 0. The maximum Gasteiger partial charge on any atom is 0.331 e. The van der Waals surface area contributed by atoms with Crippen LogP contribution >= 0.6 is 0 Å². The van der Waals surface area contributed by atoms with Crippen molar-refractivity contribution >= 4 is 23.8 Å². The minimum Gasteiger partial charge on any atom is -0.504 e. The van der Waals surface area contributed by atoms with E-state index in [-0.39, 0.29) is 22.6 Å². The van der Waals surface area contributed by atoms with Gasteiger partial charge in [-0.15, -0.1) is 0 Å². The van der Waals surface area contributed by atoms with Crippen LogP contribution in [-0.4, -0.2) is 57.1 Å². The number of hydrogen-bond acceptors (Lipinski definition) is 9. The van der Waals surface area contributed by atoms with Crippen LogP contribution in [0.2, 0.25) is 0 Å². The van der Waals surface area contributed by atoms with Crippen LogP contribution in [0.25, 0.3) is 6.08 Å². The van der Waals surface area contributed by atoms with Crippen molar-refractivity contribution in [3.63, 3.8) is 0 Å². The SMILES string of the molecule is O=C1/C=C/C2=CC(=O)[C@@]3(O)Oc4c(O)ccc(c4[C@H]3[C@@H]2O)/C=C/C(=O)O[C@@H]2CCCC[C@H]2O1. The highest BCUT2D eigenvalue weighted by molar-refractivity contribution is 6.01. The molecular formula is C24H22O9. The van der Waals surface area contributed by atoms with Crippen molar-refractivity contribution in [2.24, 2.45) is 0 Å². The summed E-state index contributed by atoms with van der Waals surface area (Å²) in [5.41, 5.74) is 0.582. The highest BCUT2D eigenvalue weighted by Gasteiger charge is 2.59. The van der Waals surface area contributed by atoms with Crippen LogP contribution in [0, 0.1) is 0 Å². The zero-order chi connectivity index (χ0) is 23.3. The summed E-state index contributed by atoms with van der Waals surface area (Å²) in [5, 5.41) is 32.4. The van der Waals surface area contributed by atoms with Crippen molar-refractivity contribution in [2.75, 3.05) is 0 Å². The number of carbonyl (C=O) groups excluding carboxylic acids is 3. The van der Waals surface area contributed by atoms with Crippen molar-refractivity contribution in [2.45, 2.75) is 55.7 Å². The number of aliphatic hydroxyl groups excluding tert-OH is 1. The van der Waals surface area contributed by atoms with Gasteiger partial charge in [0.15, 0.2) is 11.5 Å². The number of ketones is 1. The van der Waals surface area contributed by atoms with E-state index in [1.807, 2.05) is 0 Å². The number of carbonyl (C=O) groups is 3. The van der Waals surface area contributed by atoms with E-state index in [0.29, 0.717) is 18.4 Å². The standard InChI is InChI=1S/C24H22O9/c25-14-8-5-12-6-9-18(27)31-15-3-1-2-4-16(15)32-19(28)10-7-13-11-17(26)24(30)21(22(13)29)20(12)23(14)33-24/h5-11,15-16,21-22,25,29-30H,1-4H2/b9-6+,10-7+/t15-,16-,21+,22-,24-/m1/s1. The zero-order valence-electron chi connectivity index (χ0n) is 17.5. The number of aromatic hydroxyl groups is 1. The molecule has 5 atom stereocenters. The summed E-state index contributed by atoms with van der Waals surface area (Å²) < 4.78 is 16.5. The fraction of sp³-hybridized carbons (Fsp3) is 0.375. The molecule has 1 fully saturated rings. The molecule has 0 spiro atoms. The van der Waals surface area contributed by atoms with Gasteiger partial charge >= 0.3 is 11.9 Å². The van der Waals surface area contributed by atoms with Gasteiger partial charge in [0.25, 0.3) is 5.79 Å². The average Bonchev–Trinajstić information content (AvgIpc) is 3.12. The molecule has 3 N–H and O–H groups in total. The Kier molecular flexibility index (Phi) is 5.10. The Morgan fingerprint density at radius 3 is 2.21 bits per heavy atom. The minimum atomic E-state index is -2.45. The lowest BCUT2D eigenvalue weighted by molar-refractivity contribution is -0.177. The number of fused-ring (bicyclic) bond motifs is 2. The van der Waals surface area contributed by atoms with E-state index >= 15 is 0 Å². The number of ether oxygens (including phenoxy) is 3. The van der Waals surface area contributed by atoms with Gasteiger partial charge in [-0.1, -0.05) is 6.07 Å². The van der Waals surface area contributed by atoms with Crippen molar-refractivity contribution in [1.29, 1.82) is 0 Å². The summed E-state index contributed by atoms with van der Waals surface area (Å²) in [6.45, 7) is 0. The Morgan fingerprint density at radius 2 is 1.55 bits per heavy atom. The molecule has 4 aliphatic rings. The molecule has 2 heterocycles. The van der Waals surface area contributed by atoms with Gasteiger partial charge in [-0.05, 0) is 61.1 Å². The maximum atomic E-state index is 12.8. The van der Waals surface area contributed by atoms with E-state index in [1.165, 1.54) is 30.4 Å². The quantitative estimate of drug-likeness (QED) is 0.496. The van der Waals surface area contributed by atoms with E-state index in [4.69, 9.17) is 14.2 Å². The lowest BCUT2D eigenvalue weighted by Crippen LogP contribution is -2.52. The molecule has 0 radical (unpaired) electrons. The molecule has 0 amide bonds. The molecule has 172 valence electrons. The molecule has 33 heavy (non-hydrogen) atoms. The molecule has 2 aliphatic carbocycles. The van der Waals surface area contributed by atoms with Crippen LogP contribution in [0.1, 0.15) is 42.7 Å². The molecule has 0 aromatic heterocycles. The molecule has 0 unspecified atom stereocenters. The largest absolute Gasteiger partial charge is 0.504 e. The van der Waals surface area contributed by atoms with Gasteiger partial charge in [0.1, 0.15) is 12.2 Å². The van der Waals surface area contributed by atoms with Gasteiger partial charge in [-0.25, -0.2) is 9.59 Å². The Bertz CT molecular complexity index is 1130. The number of rotatable bonds is 0. The first kappa shape index (κ1) is 21.4. The first-order valence-corrected chi connectivity index (χ1v) is 10.8. The van der Waals surface area contributed by atoms with E-state index in [0.717, 1.165) is 25.0 Å². The maximum absolute atomic E-state index is 12.8. The first-order valence-electron chi connectivity index (χ1n) is 10.8. The third-order valence-electron chi connectivity index (χ3n) is 6.50. The molecule has 1 aromatic rings. The van der Waals surface area contributed by atoms with Crippen LogP contribution in [0.4, 0.5) is 0 Å². The Hall–Kier alpha value is -3.43. The normalized spacial score (nSPS) is 35.1. The van der Waals surface area contributed by atoms with Crippen LogP contribution in [-0.2, 0) is 23.9 Å². The highest BCUT2D eigenvalue weighted by atomic mass is 16.6. The van der Waals surface area contributed by atoms with Crippen molar-refractivity contribution in [3.05, 3.63) is 53.1 Å². The second-order valence-electron chi connectivity index (χ2n) is 8.55. The third kappa shape index (κ3) is 3.53. The lowest BCUT2D eigenvalue weighted by atomic mass is 9.76. The number of phenolic OH excluding ortho intramolecular Hbond substituents is 1. The number of esters is 2. The predicted molar refractivity (Wildman–Crippen MR) is 112 cm³/mol. The summed E-state index contributed by atoms with van der Waals surface area (Å²) in [6.07, 6.45) is 6.01. The van der Waals surface area contributed by atoms with E-state index < -0.39 is 47.7 Å². The molecule has 5 rings (SSSR count). The smallest absolute Gasteiger partial charge is 0.331 e. The number of aliphatic hydroxyl groups is 2. The van der Waals surface area contributed by atoms with Crippen molar-refractivity contribution in [1.82, 2.24) is 0 Å².